The summed E-state index contributed by atoms with van der Waals surface area (Å²) >= 11 is 7.67. The number of rotatable bonds is 5. The largest absolute Gasteiger partial charge is 0.481 e. The molecule has 5 heteroatoms. The number of hydrogen-bond acceptors (Lipinski definition) is 3. The van der Waals surface area contributed by atoms with Crippen LogP contribution in [0.4, 0.5) is 0 Å². The second-order valence-corrected chi connectivity index (χ2v) is 6.33. The van der Waals surface area contributed by atoms with E-state index >= 15 is 0 Å². The zero-order valence-corrected chi connectivity index (χ0v) is 12.8. The van der Waals surface area contributed by atoms with Gasteiger partial charge in [-0.2, -0.15) is 0 Å². The highest BCUT2D eigenvalue weighted by Crippen LogP contribution is 2.35. The van der Waals surface area contributed by atoms with Gasteiger partial charge in [-0.25, -0.2) is 0 Å². The maximum atomic E-state index is 11.7. The topological polar surface area (TPSA) is 54.4 Å². The molecule has 1 aromatic rings. The number of Topliss-reactive ketones (excluding diaryl/α,β-unsaturated/α-hetero) is 1. The number of aliphatic carboxylic acids is 1. The summed E-state index contributed by atoms with van der Waals surface area (Å²) in [5.41, 5.74) is 0.681. The summed E-state index contributed by atoms with van der Waals surface area (Å²) in [6.45, 7) is 0. The molecule has 0 aromatic heterocycles. The molecule has 1 aliphatic carbocycles. The van der Waals surface area contributed by atoms with Crippen molar-refractivity contribution >= 4 is 35.1 Å². The average Bonchev–Trinajstić information content (AvgIpc) is 2.81. The molecule has 0 radical (unpaired) electrons. The van der Waals surface area contributed by atoms with Crippen LogP contribution in [0.1, 0.15) is 37.2 Å². The number of carbonyl (C=O) groups excluding carboxylic acids is 1. The third-order valence-corrected chi connectivity index (χ3v) is 5.05. The molecule has 0 heterocycles. The molecule has 2 rings (SSSR count). The van der Waals surface area contributed by atoms with Gasteiger partial charge in [-0.1, -0.05) is 17.7 Å². The summed E-state index contributed by atoms with van der Waals surface area (Å²) in [7, 11) is 0. The van der Waals surface area contributed by atoms with E-state index < -0.39 is 11.9 Å². The molecule has 20 heavy (non-hydrogen) atoms. The monoisotopic (exact) mass is 312 g/mol. The maximum Gasteiger partial charge on any atom is 0.310 e. The average molecular weight is 313 g/mol. The fraction of sp³-hybridized carbons (Fsp3) is 0.467. The fourth-order valence-electron chi connectivity index (χ4n) is 2.70. The smallest absolute Gasteiger partial charge is 0.310 e. The van der Waals surface area contributed by atoms with Crippen LogP contribution in [0.2, 0.25) is 5.02 Å². The number of carboxylic acid groups (broad SMARTS) is 1. The van der Waals surface area contributed by atoms with Gasteiger partial charge in [0.1, 0.15) is 5.78 Å². The molecule has 1 fully saturated rings. The number of ketones is 1. The van der Waals surface area contributed by atoms with Crippen LogP contribution >= 0.6 is 23.4 Å². The first-order valence-electron chi connectivity index (χ1n) is 6.62. The molecule has 0 spiro atoms. The highest BCUT2D eigenvalue weighted by Gasteiger charge is 2.31. The third-order valence-electron chi connectivity index (χ3n) is 3.83. The molecule has 1 N–H and O–H groups in total. The SMILES string of the molecule is CSc1ccc([C@@H](CC2CCCC2=O)C(=O)O)cc1Cl. The zero-order valence-electron chi connectivity index (χ0n) is 11.3. The molecule has 1 unspecified atom stereocenters. The highest BCUT2D eigenvalue weighted by molar-refractivity contribution is 7.98. The summed E-state index contributed by atoms with van der Waals surface area (Å²) in [6.07, 6.45) is 4.57. The minimum atomic E-state index is -0.891. The van der Waals surface area contributed by atoms with Gasteiger partial charge in [0.15, 0.2) is 0 Å². The first kappa shape index (κ1) is 15.4. The van der Waals surface area contributed by atoms with Crippen molar-refractivity contribution in [1.82, 2.24) is 0 Å². The number of halogens is 1. The molecule has 0 amide bonds. The van der Waals surface area contributed by atoms with E-state index in [-0.39, 0.29) is 11.7 Å². The lowest BCUT2D eigenvalue weighted by Gasteiger charge is -2.17. The summed E-state index contributed by atoms with van der Waals surface area (Å²) in [6, 6.07) is 5.36. The Morgan fingerprint density at radius 1 is 1.55 bits per heavy atom. The van der Waals surface area contributed by atoms with Gasteiger partial charge >= 0.3 is 5.97 Å². The van der Waals surface area contributed by atoms with Crippen molar-refractivity contribution in [1.29, 1.82) is 0 Å². The van der Waals surface area contributed by atoms with Crippen molar-refractivity contribution in [2.45, 2.75) is 36.5 Å². The van der Waals surface area contributed by atoms with Gasteiger partial charge in [0.2, 0.25) is 0 Å². The van der Waals surface area contributed by atoms with E-state index in [1.807, 2.05) is 12.3 Å². The zero-order chi connectivity index (χ0) is 14.7. The normalized spacial score (nSPS) is 20.1. The molecule has 1 aliphatic rings. The highest BCUT2D eigenvalue weighted by atomic mass is 35.5. The lowest BCUT2D eigenvalue weighted by atomic mass is 9.87. The Hall–Kier alpha value is -1.00. The van der Waals surface area contributed by atoms with E-state index in [2.05, 4.69) is 0 Å². The molecule has 2 atom stereocenters. The van der Waals surface area contributed by atoms with E-state index in [1.54, 1.807) is 12.1 Å². The standard InChI is InChI=1S/C15H17ClO3S/c1-20-14-6-5-9(8-12(14)16)11(15(18)19)7-10-3-2-4-13(10)17/h5-6,8,10-11H,2-4,7H2,1H3,(H,18,19)/t10?,11-/m1/s1. The molecule has 3 nitrogen and oxygen atoms in total. The Morgan fingerprint density at radius 3 is 2.80 bits per heavy atom. The fourth-order valence-corrected chi connectivity index (χ4v) is 3.58. The van der Waals surface area contributed by atoms with Crippen LogP contribution in [0.3, 0.4) is 0 Å². The van der Waals surface area contributed by atoms with E-state index in [0.717, 1.165) is 17.7 Å². The number of hydrogen-bond donors (Lipinski definition) is 1. The Bertz CT molecular complexity index is 530. The van der Waals surface area contributed by atoms with Gasteiger partial charge in [0, 0.05) is 17.2 Å². The summed E-state index contributed by atoms with van der Waals surface area (Å²) in [4.78, 5) is 24.1. The number of carboxylic acids is 1. The third kappa shape index (κ3) is 3.36. The molecular weight excluding hydrogens is 296 g/mol. The predicted octanol–water partition coefficient (Wildman–Crippen LogP) is 3.99. The van der Waals surface area contributed by atoms with Crippen molar-refractivity contribution in [3.05, 3.63) is 28.8 Å². The Balaban J connectivity index is 2.22. The van der Waals surface area contributed by atoms with Crippen LogP contribution < -0.4 is 0 Å². The maximum absolute atomic E-state index is 11.7. The molecule has 0 saturated heterocycles. The second-order valence-electron chi connectivity index (χ2n) is 5.08. The quantitative estimate of drug-likeness (QED) is 0.835. The molecule has 0 bridgehead atoms. The lowest BCUT2D eigenvalue weighted by Crippen LogP contribution is -2.18. The van der Waals surface area contributed by atoms with Crippen LogP contribution in [0.5, 0.6) is 0 Å². The van der Waals surface area contributed by atoms with Crippen molar-refractivity contribution in [2.24, 2.45) is 5.92 Å². The lowest BCUT2D eigenvalue weighted by molar-refractivity contribution is -0.139. The molecular formula is C15H17ClO3S. The number of thioether (sulfide) groups is 1. The Morgan fingerprint density at radius 2 is 2.30 bits per heavy atom. The molecule has 0 aliphatic heterocycles. The molecule has 1 aromatic carbocycles. The Labute approximate surface area is 127 Å². The second kappa shape index (κ2) is 6.64. The summed E-state index contributed by atoms with van der Waals surface area (Å²) in [5.74, 6) is -1.47. The van der Waals surface area contributed by atoms with Gasteiger partial charge in [-0.15, -0.1) is 11.8 Å². The van der Waals surface area contributed by atoms with Crippen LogP contribution in [0.15, 0.2) is 23.1 Å². The van der Waals surface area contributed by atoms with Gasteiger partial charge in [0.25, 0.3) is 0 Å². The van der Waals surface area contributed by atoms with E-state index in [9.17, 15) is 14.7 Å². The number of benzene rings is 1. The predicted molar refractivity (Wildman–Crippen MR) is 80.6 cm³/mol. The van der Waals surface area contributed by atoms with Crippen LogP contribution in [0.25, 0.3) is 0 Å². The van der Waals surface area contributed by atoms with Crippen molar-refractivity contribution in [3.63, 3.8) is 0 Å². The minimum Gasteiger partial charge on any atom is -0.481 e. The van der Waals surface area contributed by atoms with Crippen molar-refractivity contribution < 1.29 is 14.7 Å². The van der Waals surface area contributed by atoms with Crippen molar-refractivity contribution in [2.75, 3.05) is 6.26 Å². The van der Waals surface area contributed by atoms with E-state index in [1.165, 1.54) is 11.8 Å². The van der Waals surface area contributed by atoms with Crippen LogP contribution in [0, 0.1) is 5.92 Å². The number of carbonyl (C=O) groups is 2. The van der Waals surface area contributed by atoms with Gasteiger partial charge in [0.05, 0.1) is 10.9 Å². The first-order valence-corrected chi connectivity index (χ1v) is 8.22. The van der Waals surface area contributed by atoms with Crippen molar-refractivity contribution in [3.8, 4) is 0 Å². The van der Waals surface area contributed by atoms with E-state index in [0.29, 0.717) is 23.4 Å². The molecule has 108 valence electrons. The molecule has 1 saturated carbocycles. The van der Waals surface area contributed by atoms with Gasteiger partial charge < -0.3 is 5.11 Å². The summed E-state index contributed by atoms with van der Waals surface area (Å²) in [5, 5.41) is 10.00. The summed E-state index contributed by atoms with van der Waals surface area (Å²) < 4.78 is 0. The van der Waals surface area contributed by atoms with Gasteiger partial charge in [-0.05, 0) is 43.2 Å². The van der Waals surface area contributed by atoms with Gasteiger partial charge in [-0.3, -0.25) is 9.59 Å². The van der Waals surface area contributed by atoms with E-state index in [4.69, 9.17) is 11.6 Å². The Kier molecular flexibility index (Phi) is 5.11. The van der Waals surface area contributed by atoms with Crippen LogP contribution in [-0.2, 0) is 9.59 Å². The van der Waals surface area contributed by atoms with Crippen LogP contribution in [-0.4, -0.2) is 23.1 Å². The minimum absolute atomic E-state index is 0.116. The first-order chi connectivity index (χ1) is 9.52.